The lowest BCUT2D eigenvalue weighted by atomic mass is 10.1. The number of carbonyl (C=O) groups is 1. The lowest BCUT2D eigenvalue weighted by Gasteiger charge is -2.13. The van der Waals surface area contributed by atoms with Crippen LogP contribution in [0.25, 0.3) is 16.9 Å². The van der Waals surface area contributed by atoms with E-state index < -0.39 is 17.5 Å². The third-order valence-electron chi connectivity index (χ3n) is 3.84. The molecule has 2 aromatic heterocycles. The molecule has 1 amide bonds. The number of hydrogen-bond donors (Lipinski definition) is 2. The largest absolute Gasteiger partial charge is 0.394 e. The van der Waals surface area contributed by atoms with Crippen LogP contribution >= 0.6 is 11.6 Å². The van der Waals surface area contributed by atoms with Crippen LogP contribution in [0.5, 0.6) is 0 Å². The maximum Gasteiger partial charge on any atom is 0.284 e. The Balaban J connectivity index is 2.17. The monoisotopic (exact) mass is 384 g/mol. The number of benzene rings is 1. The summed E-state index contributed by atoms with van der Waals surface area (Å²) in [7, 11) is 0. The van der Waals surface area contributed by atoms with Gasteiger partial charge < -0.3 is 10.4 Å². The summed E-state index contributed by atoms with van der Waals surface area (Å²) in [5, 5.41) is 16.7. The lowest BCUT2D eigenvalue weighted by Crippen LogP contribution is -2.39. The highest BCUT2D eigenvalue weighted by atomic mass is 35.5. The quantitative estimate of drug-likeness (QED) is 0.701. The molecule has 0 aliphatic rings. The highest BCUT2D eigenvalue weighted by Gasteiger charge is 2.18. The number of aromatic nitrogens is 3. The fourth-order valence-corrected chi connectivity index (χ4v) is 2.55. The van der Waals surface area contributed by atoms with Crippen molar-refractivity contribution in [3.63, 3.8) is 0 Å². The Kier molecular flexibility index (Phi) is 5.63. The number of carbonyl (C=O) groups excluding carboxylic acids is 1. The van der Waals surface area contributed by atoms with Gasteiger partial charge in [0.2, 0.25) is 0 Å². The van der Waals surface area contributed by atoms with Crippen molar-refractivity contribution in [3.8, 4) is 16.9 Å². The third kappa shape index (κ3) is 4.21. The van der Waals surface area contributed by atoms with Gasteiger partial charge in [0.15, 0.2) is 0 Å². The van der Waals surface area contributed by atoms with Crippen molar-refractivity contribution >= 4 is 17.5 Å². The summed E-state index contributed by atoms with van der Waals surface area (Å²) in [6.07, 6.45) is 3.06. The van der Waals surface area contributed by atoms with E-state index in [0.717, 1.165) is 4.68 Å². The van der Waals surface area contributed by atoms with Gasteiger partial charge in [0.05, 0.1) is 24.2 Å². The molecule has 3 aromatic rings. The van der Waals surface area contributed by atoms with Gasteiger partial charge in [-0.3, -0.25) is 14.6 Å². The molecule has 0 saturated heterocycles. The van der Waals surface area contributed by atoms with Crippen molar-refractivity contribution in [2.75, 3.05) is 6.61 Å². The zero-order valence-corrected chi connectivity index (χ0v) is 15.2. The summed E-state index contributed by atoms with van der Waals surface area (Å²) in [6.45, 7) is 1.40. The first-order chi connectivity index (χ1) is 13.0. The van der Waals surface area contributed by atoms with Gasteiger partial charge in [0, 0.05) is 22.8 Å². The molecule has 0 aliphatic carbocycles. The number of aliphatic hydroxyl groups is 1. The molecule has 0 aliphatic heterocycles. The van der Waals surface area contributed by atoms with E-state index in [2.05, 4.69) is 15.4 Å². The van der Waals surface area contributed by atoms with Crippen molar-refractivity contribution < 1.29 is 9.90 Å². The summed E-state index contributed by atoms with van der Waals surface area (Å²) in [5.74, 6) is -0.586. The third-order valence-corrected chi connectivity index (χ3v) is 4.09. The number of aliphatic hydroxyl groups excluding tert-OH is 1. The van der Waals surface area contributed by atoms with E-state index in [-0.39, 0.29) is 12.2 Å². The second-order valence-electron chi connectivity index (χ2n) is 5.94. The van der Waals surface area contributed by atoms with Crippen molar-refractivity contribution in [2.45, 2.75) is 13.0 Å². The minimum Gasteiger partial charge on any atom is -0.394 e. The summed E-state index contributed by atoms with van der Waals surface area (Å²) in [6, 6.07) is 11.2. The first-order valence-corrected chi connectivity index (χ1v) is 8.60. The summed E-state index contributed by atoms with van der Waals surface area (Å²) in [5.41, 5.74) is 0.892. The first kappa shape index (κ1) is 18.8. The second-order valence-corrected chi connectivity index (χ2v) is 6.37. The fraction of sp³-hybridized carbons (Fsp3) is 0.158. The van der Waals surface area contributed by atoms with Gasteiger partial charge in [-0.15, -0.1) is 0 Å². The maximum atomic E-state index is 12.8. The average Bonchev–Trinajstić information content (AvgIpc) is 2.69. The van der Waals surface area contributed by atoms with Gasteiger partial charge in [0.25, 0.3) is 11.5 Å². The van der Waals surface area contributed by atoms with Gasteiger partial charge in [-0.1, -0.05) is 23.7 Å². The van der Waals surface area contributed by atoms with Crippen LogP contribution in [0.4, 0.5) is 0 Å². The second kappa shape index (κ2) is 8.11. The molecule has 1 atom stereocenters. The highest BCUT2D eigenvalue weighted by molar-refractivity contribution is 6.30. The van der Waals surface area contributed by atoms with Crippen LogP contribution in [0.15, 0.2) is 59.7 Å². The number of pyridine rings is 1. The summed E-state index contributed by atoms with van der Waals surface area (Å²) >= 11 is 5.93. The van der Waals surface area contributed by atoms with Crippen LogP contribution in [0.3, 0.4) is 0 Å². The van der Waals surface area contributed by atoms with E-state index in [1.807, 2.05) is 0 Å². The molecule has 0 spiro atoms. The molecule has 27 heavy (non-hydrogen) atoms. The smallest absolute Gasteiger partial charge is 0.284 e. The number of halogens is 1. The molecular formula is C19H17ClN4O3. The molecule has 8 heteroatoms. The van der Waals surface area contributed by atoms with Gasteiger partial charge in [-0.05, 0) is 37.3 Å². The number of amides is 1. The Morgan fingerprint density at radius 1 is 1.30 bits per heavy atom. The minimum absolute atomic E-state index is 0.0842. The Labute approximate surface area is 160 Å². The molecule has 2 N–H and O–H groups in total. The van der Waals surface area contributed by atoms with Crippen LogP contribution in [0, 0.1) is 0 Å². The van der Waals surface area contributed by atoms with Crippen molar-refractivity contribution in [1.29, 1.82) is 0 Å². The number of nitrogens with zero attached hydrogens (tertiary/aromatic N) is 3. The van der Waals surface area contributed by atoms with Gasteiger partial charge in [0.1, 0.15) is 5.56 Å². The highest BCUT2D eigenvalue weighted by Crippen LogP contribution is 2.20. The summed E-state index contributed by atoms with van der Waals surface area (Å²) in [4.78, 5) is 29.4. The Morgan fingerprint density at radius 2 is 2.04 bits per heavy atom. The van der Waals surface area contributed by atoms with Crippen LogP contribution in [-0.2, 0) is 0 Å². The van der Waals surface area contributed by atoms with Gasteiger partial charge >= 0.3 is 0 Å². The predicted octanol–water partition coefficient (Wildman–Crippen LogP) is 2.06. The molecule has 1 unspecified atom stereocenters. The lowest BCUT2D eigenvalue weighted by molar-refractivity contribution is 0.0920. The fourth-order valence-electron chi connectivity index (χ4n) is 2.42. The van der Waals surface area contributed by atoms with E-state index in [4.69, 9.17) is 16.7 Å². The minimum atomic E-state index is -0.586. The molecule has 3 rings (SSSR count). The SMILES string of the molecule is CC(CO)NC(=O)c1cc(-c2ccc(Cl)cc2)nn(-c2cccnc2)c1=O. The van der Waals surface area contributed by atoms with Gasteiger partial charge in [-0.25, -0.2) is 0 Å². The van der Waals surface area contributed by atoms with E-state index >= 15 is 0 Å². The van der Waals surface area contributed by atoms with Crippen molar-refractivity contribution in [1.82, 2.24) is 20.1 Å². The van der Waals surface area contributed by atoms with Crippen LogP contribution < -0.4 is 10.9 Å². The molecule has 1 aromatic carbocycles. The number of rotatable bonds is 5. The molecular weight excluding hydrogens is 368 g/mol. The number of nitrogens with one attached hydrogen (secondary N) is 1. The summed E-state index contributed by atoms with van der Waals surface area (Å²) < 4.78 is 1.13. The van der Waals surface area contributed by atoms with E-state index in [9.17, 15) is 9.59 Å². The first-order valence-electron chi connectivity index (χ1n) is 8.22. The molecule has 0 fully saturated rings. The Morgan fingerprint density at radius 3 is 2.67 bits per heavy atom. The van der Waals surface area contributed by atoms with Gasteiger partial charge in [-0.2, -0.15) is 9.78 Å². The molecule has 138 valence electrons. The molecule has 2 heterocycles. The Hall–Kier alpha value is -3.03. The standard InChI is InChI=1S/C19H17ClN4O3/c1-12(11-25)22-18(26)16-9-17(13-4-6-14(20)7-5-13)23-24(19(16)27)15-3-2-8-21-10-15/h2-10,12,25H,11H2,1H3,(H,22,26). The van der Waals surface area contributed by atoms with Crippen LogP contribution in [0.2, 0.25) is 5.02 Å². The van der Waals surface area contributed by atoms with E-state index in [1.54, 1.807) is 49.5 Å². The zero-order chi connectivity index (χ0) is 19.4. The van der Waals surface area contributed by atoms with Crippen molar-refractivity contribution in [2.24, 2.45) is 0 Å². The molecule has 0 saturated carbocycles. The predicted molar refractivity (Wildman–Crippen MR) is 102 cm³/mol. The molecule has 0 bridgehead atoms. The van der Waals surface area contributed by atoms with E-state index in [1.165, 1.54) is 12.3 Å². The Bertz CT molecular complexity index is 1000. The topological polar surface area (TPSA) is 97.1 Å². The maximum absolute atomic E-state index is 12.8. The number of hydrogen-bond acceptors (Lipinski definition) is 5. The molecule has 7 nitrogen and oxygen atoms in total. The van der Waals surface area contributed by atoms with Crippen LogP contribution in [0.1, 0.15) is 17.3 Å². The van der Waals surface area contributed by atoms with Crippen molar-refractivity contribution in [3.05, 3.63) is 75.8 Å². The van der Waals surface area contributed by atoms with E-state index in [0.29, 0.717) is 22.0 Å². The normalized spacial score (nSPS) is 11.8. The van der Waals surface area contributed by atoms with Crippen LogP contribution in [-0.4, -0.2) is 38.4 Å². The average molecular weight is 385 g/mol. The molecule has 0 radical (unpaired) electrons. The zero-order valence-electron chi connectivity index (χ0n) is 14.5.